The van der Waals surface area contributed by atoms with Gasteiger partial charge in [-0.05, 0) is 47.2 Å². The van der Waals surface area contributed by atoms with Gasteiger partial charge in [0.1, 0.15) is 0 Å². The second-order valence-corrected chi connectivity index (χ2v) is 8.68. The summed E-state index contributed by atoms with van der Waals surface area (Å²) in [4.78, 5) is 11.9. The van der Waals surface area contributed by atoms with Crippen molar-refractivity contribution in [3.8, 4) is 11.1 Å². The topological polar surface area (TPSA) is 51.1 Å². The summed E-state index contributed by atoms with van der Waals surface area (Å²) in [6.45, 7) is 3.80. The molecular weight excluding hydrogens is 284 g/mol. The van der Waals surface area contributed by atoms with Gasteiger partial charge in [0.05, 0.1) is 0 Å². The van der Waals surface area contributed by atoms with Crippen LogP contribution in [-0.4, -0.2) is 21.3 Å². The van der Waals surface area contributed by atoms with Crippen molar-refractivity contribution < 1.29 is 4.21 Å². The Balaban J connectivity index is 2.56. The summed E-state index contributed by atoms with van der Waals surface area (Å²) in [6, 6.07) is 7.78. The fourth-order valence-electron chi connectivity index (χ4n) is 2.33. The zero-order valence-corrected chi connectivity index (χ0v) is 14.0. The van der Waals surface area contributed by atoms with Crippen LogP contribution in [0.1, 0.15) is 11.1 Å². The molecule has 0 atom stereocenters. The summed E-state index contributed by atoms with van der Waals surface area (Å²) in [5.41, 5.74) is 4.60. The van der Waals surface area contributed by atoms with E-state index in [1.54, 1.807) is 24.1 Å². The molecule has 1 aromatic carbocycles. The molecule has 4 nitrogen and oxygen atoms in total. The molecule has 0 unspecified atom stereocenters. The highest BCUT2D eigenvalue weighted by molar-refractivity contribution is 8.02. The highest BCUT2D eigenvalue weighted by Gasteiger charge is 2.10. The molecule has 0 aliphatic rings. The second kappa shape index (κ2) is 5.48. The zero-order valence-electron chi connectivity index (χ0n) is 13.1. The molecule has 0 radical (unpaired) electrons. The van der Waals surface area contributed by atoms with Crippen LogP contribution in [0.3, 0.4) is 0 Å². The lowest BCUT2D eigenvalue weighted by Gasteiger charge is -2.17. The maximum atomic E-state index is 11.9. The SMILES string of the molecule is Cc1c(-c2cccc(N[SH](C)(C)=O)c2)cn(C)c(=O)c1C. The number of hydrogen-bond donors (Lipinski definition) is 2. The highest BCUT2D eigenvalue weighted by Crippen LogP contribution is 2.26. The van der Waals surface area contributed by atoms with Crippen molar-refractivity contribution in [3.05, 3.63) is 51.9 Å². The summed E-state index contributed by atoms with van der Waals surface area (Å²) >= 11 is 0. The van der Waals surface area contributed by atoms with Crippen molar-refractivity contribution in [2.75, 3.05) is 17.2 Å². The predicted molar refractivity (Wildman–Crippen MR) is 91.6 cm³/mol. The minimum Gasteiger partial charge on any atom is -0.327 e. The number of nitrogens with one attached hydrogen (secondary N) is 1. The van der Waals surface area contributed by atoms with Crippen molar-refractivity contribution >= 4 is 15.8 Å². The molecule has 0 aliphatic carbocycles. The van der Waals surface area contributed by atoms with E-state index in [0.29, 0.717) is 0 Å². The van der Waals surface area contributed by atoms with Gasteiger partial charge in [-0.1, -0.05) is 12.1 Å². The highest BCUT2D eigenvalue weighted by atomic mass is 32.3. The van der Waals surface area contributed by atoms with Gasteiger partial charge in [0.15, 0.2) is 0 Å². The molecule has 21 heavy (non-hydrogen) atoms. The van der Waals surface area contributed by atoms with E-state index >= 15 is 0 Å². The minimum atomic E-state index is -2.34. The zero-order chi connectivity index (χ0) is 15.8. The molecule has 1 N–H and O–H groups in total. The van der Waals surface area contributed by atoms with Gasteiger partial charge in [-0.2, -0.15) is 0 Å². The first kappa shape index (κ1) is 15.5. The molecule has 2 aromatic rings. The molecule has 0 bridgehead atoms. The third-order valence-electron chi connectivity index (χ3n) is 3.50. The number of benzene rings is 1. The smallest absolute Gasteiger partial charge is 0.253 e. The van der Waals surface area contributed by atoms with Gasteiger partial charge in [0.25, 0.3) is 5.56 Å². The van der Waals surface area contributed by atoms with E-state index in [1.165, 1.54) is 0 Å². The fraction of sp³-hybridized carbons (Fsp3) is 0.312. The van der Waals surface area contributed by atoms with Crippen LogP contribution in [-0.2, 0) is 17.2 Å². The van der Waals surface area contributed by atoms with E-state index in [0.717, 1.165) is 27.9 Å². The van der Waals surface area contributed by atoms with Crippen LogP contribution in [0.5, 0.6) is 0 Å². The molecule has 1 heterocycles. The van der Waals surface area contributed by atoms with Crippen molar-refractivity contribution in [2.24, 2.45) is 7.05 Å². The van der Waals surface area contributed by atoms with Gasteiger partial charge in [-0.3, -0.25) is 9.00 Å². The normalized spacial score (nSPS) is 12.2. The van der Waals surface area contributed by atoms with E-state index < -0.39 is 10.1 Å². The molecule has 0 saturated carbocycles. The van der Waals surface area contributed by atoms with Crippen molar-refractivity contribution in [1.82, 2.24) is 4.57 Å². The molecule has 2 rings (SSSR count). The third-order valence-corrected chi connectivity index (χ3v) is 4.30. The van der Waals surface area contributed by atoms with E-state index in [2.05, 4.69) is 4.72 Å². The average molecular weight is 306 g/mol. The summed E-state index contributed by atoms with van der Waals surface area (Å²) in [6.07, 6.45) is 5.24. The van der Waals surface area contributed by atoms with Crippen LogP contribution < -0.4 is 10.3 Å². The van der Waals surface area contributed by atoms with Gasteiger partial charge in [-0.15, -0.1) is 0 Å². The van der Waals surface area contributed by atoms with Crippen molar-refractivity contribution in [3.63, 3.8) is 0 Å². The van der Waals surface area contributed by atoms with Crippen molar-refractivity contribution in [2.45, 2.75) is 13.8 Å². The Morgan fingerprint density at radius 2 is 1.81 bits per heavy atom. The fourth-order valence-corrected chi connectivity index (χ4v) is 3.10. The summed E-state index contributed by atoms with van der Waals surface area (Å²) in [5.74, 6) is 0. The van der Waals surface area contributed by atoms with Crippen LogP contribution in [0.25, 0.3) is 11.1 Å². The molecule has 1 aromatic heterocycles. The lowest BCUT2D eigenvalue weighted by Crippen LogP contribution is -2.20. The Bertz CT molecular complexity index is 787. The largest absolute Gasteiger partial charge is 0.327 e. The molecule has 0 aliphatic heterocycles. The van der Waals surface area contributed by atoms with Crippen LogP contribution in [0.15, 0.2) is 35.3 Å². The molecule has 114 valence electrons. The summed E-state index contributed by atoms with van der Waals surface area (Å²) in [5, 5.41) is 0. The first-order valence-corrected chi connectivity index (χ1v) is 9.40. The maximum Gasteiger partial charge on any atom is 0.253 e. The lowest BCUT2D eigenvalue weighted by molar-refractivity contribution is 0.682. The maximum absolute atomic E-state index is 11.9. The number of rotatable bonds is 3. The van der Waals surface area contributed by atoms with Crippen LogP contribution in [0, 0.1) is 13.8 Å². The summed E-state index contributed by atoms with van der Waals surface area (Å²) < 4.78 is 16.5. The third kappa shape index (κ3) is 3.42. The first-order valence-electron chi connectivity index (χ1n) is 6.79. The van der Waals surface area contributed by atoms with E-state index in [1.807, 2.05) is 44.3 Å². The number of hydrogen-bond acceptors (Lipinski definition) is 2. The second-order valence-electron chi connectivity index (χ2n) is 5.75. The predicted octanol–water partition coefficient (Wildman–Crippen LogP) is 2.27. The van der Waals surface area contributed by atoms with Crippen molar-refractivity contribution in [1.29, 1.82) is 0 Å². The molecule has 0 fully saturated rings. The minimum absolute atomic E-state index is 0.0251. The van der Waals surface area contributed by atoms with Gasteiger partial charge in [0.2, 0.25) is 0 Å². The number of nitrogens with zero attached hydrogens (tertiary/aromatic N) is 1. The van der Waals surface area contributed by atoms with E-state index in [4.69, 9.17) is 0 Å². The van der Waals surface area contributed by atoms with Gasteiger partial charge in [-0.25, -0.2) is 0 Å². The molecule has 0 spiro atoms. The molecule has 0 saturated heterocycles. The Labute approximate surface area is 126 Å². The van der Waals surface area contributed by atoms with Gasteiger partial charge in [0, 0.05) is 42.6 Å². The number of thiol groups is 1. The van der Waals surface area contributed by atoms with Crippen LogP contribution >= 0.6 is 0 Å². The first-order chi connectivity index (χ1) is 9.69. The van der Waals surface area contributed by atoms with Gasteiger partial charge < -0.3 is 9.29 Å². The Morgan fingerprint density at radius 1 is 1.14 bits per heavy atom. The number of anilines is 1. The van der Waals surface area contributed by atoms with Crippen LogP contribution in [0.2, 0.25) is 0 Å². The van der Waals surface area contributed by atoms with Gasteiger partial charge >= 0.3 is 0 Å². The van der Waals surface area contributed by atoms with Crippen LogP contribution in [0.4, 0.5) is 5.69 Å². The number of aryl methyl sites for hydroxylation is 1. The molecule has 0 amide bonds. The standard InChI is InChI=1S/C16H22N2O2S/c1-11-12(2)16(19)18(3)10-15(11)13-7-6-8-14(9-13)17-21(4,5)20/h6-10,21H,1-5H3,(H,17,20). The Kier molecular flexibility index (Phi) is 4.05. The summed E-state index contributed by atoms with van der Waals surface area (Å²) in [7, 11) is -0.586. The lowest BCUT2D eigenvalue weighted by atomic mass is 9.99. The Hall–Kier alpha value is -1.88. The van der Waals surface area contributed by atoms with E-state index in [-0.39, 0.29) is 5.56 Å². The molecular formula is C16H22N2O2S. The monoisotopic (exact) mass is 306 g/mol. The molecule has 5 heteroatoms. The quantitative estimate of drug-likeness (QED) is 0.855. The van der Waals surface area contributed by atoms with E-state index in [9.17, 15) is 9.00 Å². The average Bonchev–Trinajstić information content (AvgIpc) is 2.39. The number of pyridine rings is 1. The Morgan fingerprint density at radius 3 is 2.43 bits per heavy atom. The number of aromatic nitrogens is 1.